The Morgan fingerprint density at radius 1 is 1.24 bits per heavy atom. The zero-order valence-corrected chi connectivity index (χ0v) is 10.9. The van der Waals surface area contributed by atoms with Crippen molar-refractivity contribution in [1.82, 2.24) is 0 Å². The van der Waals surface area contributed by atoms with Crippen LogP contribution in [0.1, 0.15) is 12.8 Å². The van der Waals surface area contributed by atoms with Crippen LogP contribution in [0.4, 0.5) is 13.2 Å². The average molecular weight is 330 g/mol. The standard InChI is InChI=1S/C10H9F3O7S/c11-10(12,13)21(18,19)20-5-8(2-1-3-8)4-9(5,6(14)15)7(16)17/h1-2,5H,3-4H2,(H,14,15)(H,16,17). The Morgan fingerprint density at radius 3 is 2.00 bits per heavy atom. The van der Waals surface area contributed by atoms with Crippen LogP contribution in [0.15, 0.2) is 12.2 Å². The van der Waals surface area contributed by atoms with Gasteiger partial charge in [-0.15, -0.1) is 0 Å². The quantitative estimate of drug-likeness (QED) is 0.337. The summed E-state index contributed by atoms with van der Waals surface area (Å²) in [6, 6.07) is 0. The monoisotopic (exact) mass is 330 g/mol. The molecule has 2 aliphatic carbocycles. The Kier molecular flexibility index (Phi) is 3.15. The summed E-state index contributed by atoms with van der Waals surface area (Å²) in [7, 11) is -6.10. The number of carboxylic acid groups (broad SMARTS) is 2. The van der Waals surface area contributed by atoms with E-state index in [4.69, 9.17) is 10.2 Å². The molecule has 1 spiro atoms. The van der Waals surface area contributed by atoms with Crippen LogP contribution in [0, 0.1) is 10.8 Å². The lowest BCUT2D eigenvalue weighted by Gasteiger charge is -2.58. The largest absolute Gasteiger partial charge is 0.523 e. The highest BCUT2D eigenvalue weighted by atomic mass is 32.2. The van der Waals surface area contributed by atoms with Crippen molar-refractivity contribution in [2.75, 3.05) is 0 Å². The molecule has 0 aromatic carbocycles. The molecule has 7 nitrogen and oxygen atoms in total. The molecule has 0 amide bonds. The molecule has 2 N–H and O–H groups in total. The first kappa shape index (κ1) is 15.8. The number of alkyl halides is 3. The van der Waals surface area contributed by atoms with Gasteiger partial charge in [0.1, 0.15) is 6.10 Å². The van der Waals surface area contributed by atoms with Crippen LogP contribution in [0.25, 0.3) is 0 Å². The fourth-order valence-electron chi connectivity index (χ4n) is 2.64. The Bertz CT molecular complexity index is 622. The summed E-state index contributed by atoms with van der Waals surface area (Å²) in [6.45, 7) is 0. The van der Waals surface area contributed by atoms with Gasteiger partial charge in [-0.2, -0.15) is 21.6 Å². The molecule has 2 unspecified atom stereocenters. The van der Waals surface area contributed by atoms with Gasteiger partial charge in [-0.3, -0.25) is 13.8 Å². The summed E-state index contributed by atoms with van der Waals surface area (Å²) >= 11 is 0. The van der Waals surface area contributed by atoms with Gasteiger partial charge in [0.15, 0.2) is 5.41 Å². The first-order chi connectivity index (χ1) is 9.39. The van der Waals surface area contributed by atoms with Gasteiger partial charge in [-0.25, -0.2) is 0 Å². The van der Waals surface area contributed by atoms with Crippen molar-refractivity contribution in [3.05, 3.63) is 12.2 Å². The molecule has 0 aliphatic heterocycles. The van der Waals surface area contributed by atoms with Crippen molar-refractivity contribution in [2.24, 2.45) is 10.8 Å². The molecule has 21 heavy (non-hydrogen) atoms. The predicted octanol–water partition coefficient (Wildman–Crippen LogP) is 0.727. The number of aliphatic carboxylic acids is 2. The maximum absolute atomic E-state index is 12.4. The summed E-state index contributed by atoms with van der Waals surface area (Å²) in [5.74, 6) is -3.88. The first-order valence-corrected chi connectivity index (χ1v) is 6.94. The van der Waals surface area contributed by atoms with E-state index >= 15 is 0 Å². The second kappa shape index (κ2) is 4.19. The van der Waals surface area contributed by atoms with Gasteiger partial charge in [0.05, 0.1) is 0 Å². The topological polar surface area (TPSA) is 118 Å². The fourth-order valence-corrected chi connectivity index (χ4v) is 3.35. The molecule has 1 saturated carbocycles. The second-order valence-corrected chi connectivity index (χ2v) is 6.54. The molecular weight excluding hydrogens is 321 g/mol. The lowest BCUT2D eigenvalue weighted by molar-refractivity contribution is -0.208. The third kappa shape index (κ3) is 1.94. The fraction of sp³-hybridized carbons (Fsp3) is 0.600. The van der Waals surface area contributed by atoms with Crippen LogP contribution in [0.5, 0.6) is 0 Å². The minimum atomic E-state index is -6.10. The van der Waals surface area contributed by atoms with Gasteiger partial charge >= 0.3 is 27.6 Å². The van der Waals surface area contributed by atoms with E-state index in [9.17, 15) is 31.2 Å². The Balaban J connectivity index is 2.43. The van der Waals surface area contributed by atoms with E-state index in [1.165, 1.54) is 12.2 Å². The summed E-state index contributed by atoms with van der Waals surface area (Å²) < 4.78 is 63.2. The van der Waals surface area contributed by atoms with Crippen molar-refractivity contribution in [1.29, 1.82) is 0 Å². The molecule has 0 radical (unpaired) electrons. The predicted molar refractivity (Wildman–Crippen MR) is 58.4 cm³/mol. The van der Waals surface area contributed by atoms with Crippen LogP contribution in [0.3, 0.4) is 0 Å². The van der Waals surface area contributed by atoms with Gasteiger partial charge in [0, 0.05) is 5.41 Å². The van der Waals surface area contributed by atoms with Crippen molar-refractivity contribution in [2.45, 2.75) is 24.5 Å². The molecule has 11 heteroatoms. The maximum atomic E-state index is 12.4. The van der Waals surface area contributed by atoms with Crippen molar-refractivity contribution in [3.8, 4) is 0 Å². The highest BCUT2D eigenvalue weighted by molar-refractivity contribution is 7.87. The van der Waals surface area contributed by atoms with Crippen LogP contribution in [-0.2, 0) is 23.9 Å². The number of halogens is 3. The highest BCUT2D eigenvalue weighted by Crippen LogP contribution is 2.63. The van der Waals surface area contributed by atoms with Crippen molar-refractivity contribution >= 4 is 22.1 Å². The van der Waals surface area contributed by atoms with E-state index in [-0.39, 0.29) is 6.42 Å². The maximum Gasteiger partial charge on any atom is 0.523 e. The molecule has 1 fully saturated rings. The Morgan fingerprint density at radius 2 is 1.71 bits per heavy atom. The molecule has 0 bridgehead atoms. The molecule has 2 aliphatic rings. The summed E-state index contributed by atoms with van der Waals surface area (Å²) in [5, 5.41) is 18.0. The lowest BCUT2D eigenvalue weighted by atomic mass is 9.46. The van der Waals surface area contributed by atoms with Crippen LogP contribution in [-0.4, -0.2) is 42.2 Å². The van der Waals surface area contributed by atoms with Crippen molar-refractivity contribution in [3.63, 3.8) is 0 Å². The highest BCUT2D eigenvalue weighted by Gasteiger charge is 2.75. The summed E-state index contributed by atoms with van der Waals surface area (Å²) in [4.78, 5) is 22.3. The lowest BCUT2D eigenvalue weighted by Crippen LogP contribution is -2.70. The van der Waals surface area contributed by atoms with E-state index in [2.05, 4.69) is 4.18 Å². The van der Waals surface area contributed by atoms with E-state index in [0.717, 1.165) is 0 Å². The molecule has 0 heterocycles. The molecule has 2 atom stereocenters. The smallest absolute Gasteiger partial charge is 0.480 e. The number of hydrogen-bond acceptors (Lipinski definition) is 5. The third-order valence-electron chi connectivity index (χ3n) is 3.80. The van der Waals surface area contributed by atoms with Gasteiger partial charge in [0.2, 0.25) is 0 Å². The minimum Gasteiger partial charge on any atom is -0.480 e. The third-order valence-corrected chi connectivity index (χ3v) is 4.81. The Labute approximate surface area is 116 Å². The van der Waals surface area contributed by atoms with E-state index in [1.807, 2.05) is 0 Å². The summed E-state index contributed by atoms with van der Waals surface area (Å²) in [6.07, 6.45) is 0.112. The van der Waals surface area contributed by atoms with Crippen LogP contribution in [0.2, 0.25) is 0 Å². The summed E-state index contributed by atoms with van der Waals surface area (Å²) in [5.41, 5.74) is -9.79. The molecule has 0 aromatic heterocycles. The second-order valence-electron chi connectivity index (χ2n) is 4.97. The zero-order chi connectivity index (χ0) is 16.3. The van der Waals surface area contributed by atoms with Crippen LogP contribution < -0.4 is 0 Å². The minimum absolute atomic E-state index is 0.0490. The number of allylic oxidation sites excluding steroid dienone is 1. The van der Waals surface area contributed by atoms with E-state index in [0.29, 0.717) is 0 Å². The first-order valence-electron chi connectivity index (χ1n) is 5.53. The molecule has 118 valence electrons. The molecular formula is C10H9F3O7S. The molecule has 0 aromatic rings. The van der Waals surface area contributed by atoms with Crippen LogP contribution >= 0.6 is 0 Å². The molecule has 0 saturated heterocycles. The number of carboxylic acids is 2. The van der Waals surface area contributed by atoms with Gasteiger partial charge in [-0.05, 0) is 12.8 Å². The Hall–Kier alpha value is -1.62. The van der Waals surface area contributed by atoms with E-state index < -0.39 is 50.9 Å². The average Bonchev–Trinajstić information content (AvgIpc) is 2.20. The normalized spacial score (nSPS) is 30.5. The number of carbonyl (C=O) groups is 2. The number of hydrogen-bond donors (Lipinski definition) is 2. The zero-order valence-electron chi connectivity index (χ0n) is 10.1. The SMILES string of the molecule is O=C(O)C1(C(=O)O)CC2(C=CC2)C1OS(=O)(=O)C(F)(F)F. The van der Waals surface area contributed by atoms with Crippen molar-refractivity contribution < 1.29 is 45.6 Å². The van der Waals surface area contributed by atoms with Gasteiger partial charge in [-0.1, -0.05) is 12.2 Å². The van der Waals surface area contributed by atoms with E-state index in [1.54, 1.807) is 0 Å². The van der Waals surface area contributed by atoms with Gasteiger partial charge in [0.25, 0.3) is 0 Å². The molecule has 2 rings (SSSR count). The van der Waals surface area contributed by atoms with Gasteiger partial charge < -0.3 is 10.2 Å². The number of rotatable bonds is 4.